The Morgan fingerprint density at radius 1 is 1.27 bits per heavy atom. The van der Waals surface area contributed by atoms with E-state index >= 15 is 0 Å². The Hall–Kier alpha value is -1.82. The SMILES string of the molecule is COc1ccc2c(CCN(C)C)cn(P3(=O)OCCC(c4cccc(Cl)c4)O3)c2c1. The smallest absolute Gasteiger partial charge is 0.439 e. The van der Waals surface area contributed by atoms with Crippen LogP contribution in [0.15, 0.2) is 48.7 Å². The van der Waals surface area contributed by atoms with E-state index in [1.165, 1.54) is 0 Å². The summed E-state index contributed by atoms with van der Waals surface area (Å²) in [5.74, 6) is 0.691. The molecule has 0 aliphatic carbocycles. The van der Waals surface area contributed by atoms with Crippen LogP contribution in [0.4, 0.5) is 0 Å². The zero-order valence-electron chi connectivity index (χ0n) is 17.4. The lowest BCUT2D eigenvalue weighted by molar-refractivity contribution is 0.0771. The van der Waals surface area contributed by atoms with Crippen LogP contribution in [-0.2, 0) is 20.0 Å². The van der Waals surface area contributed by atoms with Gasteiger partial charge in [-0.25, -0.2) is 4.57 Å². The van der Waals surface area contributed by atoms with Crippen LogP contribution in [0.5, 0.6) is 5.75 Å². The predicted molar refractivity (Wildman–Crippen MR) is 120 cm³/mol. The molecule has 4 rings (SSSR count). The highest BCUT2D eigenvalue weighted by Crippen LogP contribution is 2.58. The van der Waals surface area contributed by atoms with Crippen LogP contribution in [0, 0.1) is 0 Å². The van der Waals surface area contributed by atoms with E-state index < -0.39 is 7.75 Å². The maximum absolute atomic E-state index is 13.9. The molecule has 2 unspecified atom stereocenters. The van der Waals surface area contributed by atoms with E-state index in [4.69, 9.17) is 25.4 Å². The summed E-state index contributed by atoms with van der Waals surface area (Å²) in [6.07, 6.45) is 2.98. The first-order valence-corrected chi connectivity index (χ1v) is 11.8. The summed E-state index contributed by atoms with van der Waals surface area (Å²) in [5.41, 5.74) is 2.76. The number of hydrogen-bond acceptors (Lipinski definition) is 5. The van der Waals surface area contributed by atoms with Crippen molar-refractivity contribution in [3.63, 3.8) is 0 Å². The molecular weight excluding hydrogens is 423 g/mol. The van der Waals surface area contributed by atoms with E-state index in [2.05, 4.69) is 4.90 Å². The van der Waals surface area contributed by atoms with Crippen molar-refractivity contribution >= 4 is 30.3 Å². The van der Waals surface area contributed by atoms with Crippen molar-refractivity contribution in [2.45, 2.75) is 18.9 Å². The average Bonchev–Trinajstić information content (AvgIpc) is 3.11. The number of likely N-dealkylation sites (N-methyl/N-ethyl adjacent to an activating group) is 1. The number of nitrogens with zero attached hydrogens (tertiary/aromatic N) is 2. The highest BCUT2D eigenvalue weighted by molar-refractivity contribution is 7.52. The molecule has 0 saturated carbocycles. The van der Waals surface area contributed by atoms with E-state index in [-0.39, 0.29) is 6.10 Å². The lowest BCUT2D eigenvalue weighted by Gasteiger charge is -2.30. The monoisotopic (exact) mass is 448 g/mol. The van der Waals surface area contributed by atoms with E-state index in [0.29, 0.717) is 23.8 Å². The molecule has 6 nitrogen and oxygen atoms in total. The van der Waals surface area contributed by atoms with Crippen molar-refractivity contribution in [2.24, 2.45) is 0 Å². The molecule has 3 aromatic rings. The Balaban J connectivity index is 1.75. The van der Waals surface area contributed by atoms with Crippen molar-refractivity contribution in [1.29, 1.82) is 0 Å². The molecule has 30 heavy (non-hydrogen) atoms. The second-order valence-corrected chi connectivity index (χ2v) is 9.95. The third kappa shape index (κ3) is 4.29. The van der Waals surface area contributed by atoms with Crippen LogP contribution in [0.1, 0.15) is 23.7 Å². The minimum atomic E-state index is -3.60. The van der Waals surface area contributed by atoms with Gasteiger partial charge in [0.25, 0.3) is 0 Å². The van der Waals surface area contributed by atoms with Crippen LogP contribution in [0.3, 0.4) is 0 Å². The quantitative estimate of drug-likeness (QED) is 0.463. The molecule has 2 atom stereocenters. The van der Waals surface area contributed by atoms with Crippen LogP contribution in [-0.4, -0.2) is 43.6 Å². The van der Waals surface area contributed by atoms with E-state index in [0.717, 1.165) is 35.0 Å². The van der Waals surface area contributed by atoms with Crippen molar-refractivity contribution in [1.82, 2.24) is 9.24 Å². The number of hydrogen-bond donors (Lipinski definition) is 0. The lowest BCUT2D eigenvalue weighted by atomic mass is 10.1. The number of ether oxygens (including phenoxy) is 1. The van der Waals surface area contributed by atoms with Crippen LogP contribution < -0.4 is 4.74 Å². The van der Waals surface area contributed by atoms with Crippen LogP contribution in [0.25, 0.3) is 10.9 Å². The number of benzene rings is 2. The Morgan fingerprint density at radius 2 is 2.10 bits per heavy atom. The fourth-order valence-corrected chi connectivity index (χ4v) is 5.78. The molecule has 0 bridgehead atoms. The molecule has 0 amide bonds. The fraction of sp³-hybridized carbons (Fsp3) is 0.364. The van der Waals surface area contributed by atoms with E-state index in [9.17, 15) is 4.57 Å². The standard InChI is InChI=1S/C22H26ClN2O4P/c1-24(2)11-9-17-15-25(21-14-19(27-3)7-8-20(17)21)30(26)28-12-10-22(29-30)16-5-4-6-18(23)13-16/h4-8,13-15,22H,9-12H2,1-3H3. The molecule has 1 aromatic heterocycles. The Bertz CT molecular complexity index is 1100. The van der Waals surface area contributed by atoms with Gasteiger partial charge in [0.1, 0.15) is 5.75 Å². The molecule has 160 valence electrons. The zero-order valence-corrected chi connectivity index (χ0v) is 19.0. The van der Waals surface area contributed by atoms with Gasteiger partial charge in [-0.2, -0.15) is 0 Å². The third-order valence-corrected chi connectivity index (χ3v) is 7.41. The highest BCUT2D eigenvalue weighted by atomic mass is 35.5. The van der Waals surface area contributed by atoms with Crippen molar-refractivity contribution < 1.29 is 18.3 Å². The minimum absolute atomic E-state index is 0.338. The molecule has 1 saturated heterocycles. The lowest BCUT2D eigenvalue weighted by Crippen LogP contribution is -2.17. The van der Waals surface area contributed by atoms with Gasteiger partial charge in [-0.15, -0.1) is 0 Å². The molecular formula is C22H26ClN2O4P. The molecule has 2 aromatic carbocycles. The normalized spacial score (nSPS) is 22.0. The van der Waals surface area contributed by atoms with Gasteiger partial charge in [-0.05, 0) is 55.9 Å². The number of rotatable bonds is 6. The van der Waals surface area contributed by atoms with Gasteiger partial charge in [0.15, 0.2) is 0 Å². The maximum Gasteiger partial charge on any atom is 0.439 e. The highest BCUT2D eigenvalue weighted by Gasteiger charge is 2.38. The Morgan fingerprint density at radius 3 is 2.83 bits per heavy atom. The van der Waals surface area contributed by atoms with Gasteiger partial charge in [0.05, 0.1) is 25.3 Å². The number of methoxy groups -OCH3 is 1. The van der Waals surface area contributed by atoms with Gasteiger partial charge in [-0.3, -0.25) is 13.4 Å². The Labute approximate surface area is 181 Å². The van der Waals surface area contributed by atoms with Gasteiger partial charge in [0.2, 0.25) is 0 Å². The molecule has 8 heteroatoms. The molecule has 1 aliphatic rings. The van der Waals surface area contributed by atoms with Gasteiger partial charge < -0.3 is 9.64 Å². The second kappa shape index (κ2) is 8.74. The zero-order chi connectivity index (χ0) is 21.3. The third-order valence-electron chi connectivity index (χ3n) is 5.28. The molecule has 0 N–H and O–H groups in total. The molecule has 1 fully saturated rings. The fourth-order valence-electron chi connectivity index (χ4n) is 3.70. The summed E-state index contributed by atoms with van der Waals surface area (Å²) in [5, 5.41) is 1.64. The molecule has 1 aliphatic heterocycles. The maximum atomic E-state index is 13.9. The summed E-state index contributed by atoms with van der Waals surface area (Å²) in [6, 6.07) is 13.3. The van der Waals surface area contributed by atoms with Crippen molar-refractivity contribution in [2.75, 3.05) is 34.4 Å². The van der Waals surface area contributed by atoms with Gasteiger partial charge >= 0.3 is 7.75 Å². The number of halogens is 1. The Kier molecular flexibility index (Phi) is 6.24. The summed E-state index contributed by atoms with van der Waals surface area (Å²) in [6.45, 7) is 1.22. The summed E-state index contributed by atoms with van der Waals surface area (Å²) < 4.78 is 32.8. The first-order valence-electron chi connectivity index (χ1n) is 9.91. The molecule has 0 spiro atoms. The predicted octanol–water partition coefficient (Wildman–Crippen LogP) is 5.54. The number of fused-ring (bicyclic) bond motifs is 1. The molecule has 0 radical (unpaired) electrons. The topological polar surface area (TPSA) is 52.9 Å². The van der Waals surface area contributed by atoms with Crippen molar-refractivity contribution in [3.8, 4) is 5.75 Å². The van der Waals surface area contributed by atoms with E-state index in [1.807, 2.05) is 62.8 Å². The summed E-state index contributed by atoms with van der Waals surface area (Å²) in [4.78, 5) is 2.12. The largest absolute Gasteiger partial charge is 0.497 e. The van der Waals surface area contributed by atoms with Crippen molar-refractivity contribution in [3.05, 3.63) is 64.8 Å². The first-order chi connectivity index (χ1) is 14.4. The number of aromatic nitrogens is 1. The summed E-state index contributed by atoms with van der Waals surface area (Å²) in [7, 11) is 2.09. The average molecular weight is 449 g/mol. The van der Waals surface area contributed by atoms with Crippen LogP contribution in [0.2, 0.25) is 5.02 Å². The molecule has 2 heterocycles. The van der Waals surface area contributed by atoms with Crippen LogP contribution >= 0.6 is 19.3 Å². The first kappa shape index (κ1) is 21.4. The van der Waals surface area contributed by atoms with Gasteiger partial charge in [0, 0.05) is 35.6 Å². The minimum Gasteiger partial charge on any atom is -0.497 e. The van der Waals surface area contributed by atoms with E-state index in [1.54, 1.807) is 11.4 Å². The second-order valence-electron chi connectivity index (χ2n) is 7.67. The van der Waals surface area contributed by atoms with Gasteiger partial charge in [-0.1, -0.05) is 23.7 Å². The summed E-state index contributed by atoms with van der Waals surface area (Å²) >= 11 is 6.15.